The fraction of sp³-hybridized carbons (Fsp3) is 0.0465. The van der Waals surface area contributed by atoms with Crippen LogP contribution < -0.4 is 0 Å². The van der Waals surface area contributed by atoms with E-state index in [0.29, 0.717) is 0 Å². The standard InChI is InChI=1S/C86H52O/c1-85(61-17-4-3-5-18-61)75-46-57(29-35-65(75)72-41-53-12-6-7-13-54(53)44-77(72)85)64-34-31-59-42-71(68-20-11-16-51-28-38-70(64)84(59)83(51)68)56-25-24-55-45-78-73(43-60(55)40-56)66-36-30-58(63-33-26-52-23-22-49-14-10-15-50-27-37-69(63)82(52)81(49)50)47-76(66)86(78,2)62-32-39-80-74(48-62)67-19-8-9-21-79(67)87-80/h3-48H,1-2H3. The smallest absolute Gasteiger partial charge is 0.135 e. The molecule has 1 nitrogen and oxygen atoms in total. The van der Waals surface area contributed by atoms with Crippen LogP contribution in [0.15, 0.2) is 283 Å². The predicted octanol–water partition coefficient (Wildman–Crippen LogP) is 23.4. The van der Waals surface area contributed by atoms with E-state index in [4.69, 9.17) is 4.42 Å². The molecule has 0 aliphatic heterocycles. The van der Waals surface area contributed by atoms with Gasteiger partial charge in [-0.3, -0.25) is 0 Å². The van der Waals surface area contributed by atoms with Gasteiger partial charge in [-0.1, -0.05) is 212 Å². The van der Waals surface area contributed by atoms with Gasteiger partial charge in [0.1, 0.15) is 11.2 Å². The van der Waals surface area contributed by atoms with Crippen molar-refractivity contribution >= 4 is 108 Å². The van der Waals surface area contributed by atoms with E-state index in [-0.39, 0.29) is 5.41 Å². The molecule has 0 N–H and O–H groups in total. The summed E-state index contributed by atoms with van der Waals surface area (Å²) in [5.74, 6) is 0. The van der Waals surface area contributed by atoms with Crippen LogP contribution in [-0.4, -0.2) is 0 Å². The van der Waals surface area contributed by atoms with Crippen LogP contribution in [0.5, 0.6) is 0 Å². The molecule has 0 amide bonds. The van der Waals surface area contributed by atoms with Crippen LogP contribution in [-0.2, 0) is 10.8 Å². The first-order chi connectivity index (χ1) is 42.8. The zero-order valence-corrected chi connectivity index (χ0v) is 48.0. The molecule has 0 saturated heterocycles. The number of rotatable bonds is 5. The quantitative estimate of drug-likeness (QED) is 0.157. The third-order valence-corrected chi connectivity index (χ3v) is 21.0. The molecular weight excluding hydrogens is 1050 g/mol. The van der Waals surface area contributed by atoms with Crippen LogP contribution in [0.3, 0.4) is 0 Å². The monoisotopic (exact) mass is 1100 g/mol. The Bertz CT molecular complexity index is 6020. The third-order valence-electron chi connectivity index (χ3n) is 21.0. The highest BCUT2D eigenvalue weighted by molar-refractivity contribution is 6.29. The van der Waals surface area contributed by atoms with E-state index in [1.165, 1.54) is 175 Å². The Labute approximate surface area is 502 Å². The van der Waals surface area contributed by atoms with Crippen LogP contribution >= 0.6 is 0 Å². The first-order valence-corrected chi connectivity index (χ1v) is 30.6. The van der Waals surface area contributed by atoms with Crippen molar-refractivity contribution in [3.8, 4) is 55.6 Å². The lowest BCUT2D eigenvalue weighted by molar-refractivity contribution is 0.667. The molecule has 20 rings (SSSR count). The number of hydrogen-bond donors (Lipinski definition) is 0. The lowest BCUT2D eigenvalue weighted by Gasteiger charge is -2.29. The van der Waals surface area contributed by atoms with E-state index < -0.39 is 5.41 Å². The summed E-state index contributed by atoms with van der Waals surface area (Å²) in [6, 6.07) is 106. The Morgan fingerprint density at radius 1 is 0.218 bits per heavy atom. The number of hydrogen-bond acceptors (Lipinski definition) is 1. The molecule has 2 unspecified atom stereocenters. The van der Waals surface area contributed by atoms with Gasteiger partial charge < -0.3 is 4.42 Å². The molecule has 18 aromatic rings. The summed E-state index contributed by atoms with van der Waals surface area (Å²) in [6.45, 7) is 4.89. The first-order valence-electron chi connectivity index (χ1n) is 30.6. The molecule has 0 bridgehead atoms. The van der Waals surface area contributed by atoms with Gasteiger partial charge in [-0.25, -0.2) is 0 Å². The third kappa shape index (κ3) is 6.32. The second-order valence-electron chi connectivity index (χ2n) is 25.3. The number of benzene rings is 17. The minimum absolute atomic E-state index is 0.324. The summed E-state index contributed by atoms with van der Waals surface area (Å²) < 4.78 is 6.45. The largest absolute Gasteiger partial charge is 0.456 e. The van der Waals surface area contributed by atoms with E-state index in [1.807, 2.05) is 0 Å². The Balaban J connectivity index is 0.744. The Kier molecular flexibility index (Phi) is 9.25. The van der Waals surface area contributed by atoms with E-state index in [9.17, 15) is 0 Å². The van der Waals surface area contributed by atoms with Gasteiger partial charge in [0.15, 0.2) is 0 Å². The lowest BCUT2D eigenvalue weighted by atomic mass is 9.73. The van der Waals surface area contributed by atoms with Crippen molar-refractivity contribution in [1.29, 1.82) is 0 Å². The molecule has 1 heterocycles. The maximum absolute atomic E-state index is 6.45. The highest BCUT2D eigenvalue weighted by Gasteiger charge is 2.43. The van der Waals surface area contributed by atoms with Crippen molar-refractivity contribution in [2.75, 3.05) is 0 Å². The van der Waals surface area contributed by atoms with Gasteiger partial charge >= 0.3 is 0 Å². The van der Waals surface area contributed by atoms with Gasteiger partial charge in [-0.15, -0.1) is 0 Å². The molecule has 87 heavy (non-hydrogen) atoms. The van der Waals surface area contributed by atoms with Gasteiger partial charge in [0, 0.05) is 21.6 Å². The molecule has 0 radical (unpaired) electrons. The maximum Gasteiger partial charge on any atom is 0.135 e. The van der Waals surface area contributed by atoms with Crippen molar-refractivity contribution in [1.82, 2.24) is 0 Å². The number of fused-ring (bicyclic) bond motifs is 11. The molecule has 1 aromatic heterocycles. The van der Waals surface area contributed by atoms with Gasteiger partial charge in [0.25, 0.3) is 0 Å². The minimum atomic E-state index is -0.478. The average molecular weight is 1100 g/mol. The fourth-order valence-electron chi connectivity index (χ4n) is 16.7. The molecule has 402 valence electrons. The first kappa shape index (κ1) is 47.5. The number of para-hydroxylation sites is 1. The Morgan fingerprint density at radius 3 is 1.38 bits per heavy atom. The summed E-state index contributed by atoms with van der Waals surface area (Å²) in [5, 5.41) is 22.8. The number of furan rings is 1. The molecule has 1 heteroatoms. The summed E-state index contributed by atoms with van der Waals surface area (Å²) in [7, 11) is 0. The molecule has 2 aliphatic carbocycles. The van der Waals surface area contributed by atoms with Crippen molar-refractivity contribution in [2.24, 2.45) is 0 Å². The topological polar surface area (TPSA) is 13.1 Å². The van der Waals surface area contributed by atoms with Crippen LogP contribution in [0.25, 0.3) is 164 Å². The average Bonchev–Trinajstić information content (AvgIpc) is 1.75. The van der Waals surface area contributed by atoms with Crippen LogP contribution in [0.4, 0.5) is 0 Å². The predicted molar refractivity (Wildman–Crippen MR) is 367 cm³/mol. The van der Waals surface area contributed by atoms with Gasteiger partial charge in [-0.2, -0.15) is 0 Å². The zero-order valence-electron chi connectivity index (χ0n) is 48.0. The van der Waals surface area contributed by atoms with Crippen molar-refractivity contribution < 1.29 is 4.42 Å². The second-order valence-corrected chi connectivity index (χ2v) is 25.3. The van der Waals surface area contributed by atoms with Crippen LogP contribution in [0, 0.1) is 0 Å². The van der Waals surface area contributed by atoms with E-state index >= 15 is 0 Å². The molecule has 2 aliphatic rings. The SMILES string of the molecule is CC1(c2ccccc2)c2cc(-c3ccc4cc(-c5ccc6cc7c(cc6c5)-c5ccc(-c6ccc8ccc9cccc%10ccc6c8c9%10)cc5C7(C)c5ccc6oc7ccccc7c6c5)c5cccc6ccc3c4c65)ccc2-c2cc3ccccc3cc21. The zero-order chi connectivity index (χ0) is 57.0. The molecule has 0 saturated carbocycles. The summed E-state index contributed by atoms with van der Waals surface area (Å²) in [5.41, 5.74) is 21.6. The van der Waals surface area contributed by atoms with E-state index in [1.54, 1.807) is 0 Å². The van der Waals surface area contributed by atoms with Crippen LogP contribution in [0.2, 0.25) is 0 Å². The second kappa shape index (κ2) is 16.9. The van der Waals surface area contributed by atoms with Crippen LogP contribution in [0.1, 0.15) is 47.2 Å². The van der Waals surface area contributed by atoms with Crippen molar-refractivity contribution in [2.45, 2.75) is 24.7 Å². The summed E-state index contributed by atoms with van der Waals surface area (Å²) >= 11 is 0. The van der Waals surface area contributed by atoms with Gasteiger partial charge in [0.05, 0.1) is 0 Å². The van der Waals surface area contributed by atoms with Gasteiger partial charge in [-0.05, 0) is 256 Å². The molecule has 0 fully saturated rings. The molecule has 17 aromatic carbocycles. The van der Waals surface area contributed by atoms with Gasteiger partial charge in [0.2, 0.25) is 0 Å². The highest BCUT2D eigenvalue weighted by Crippen LogP contribution is 2.58. The van der Waals surface area contributed by atoms with Crippen molar-refractivity contribution in [3.63, 3.8) is 0 Å². The maximum atomic E-state index is 6.45. The summed E-state index contributed by atoms with van der Waals surface area (Å²) in [6.07, 6.45) is 0. The van der Waals surface area contributed by atoms with E-state index in [0.717, 1.165) is 21.9 Å². The molecular formula is C86H52O. The lowest BCUT2D eigenvalue weighted by Crippen LogP contribution is -2.22. The minimum Gasteiger partial charge on any atom is -0.456 e. The summed E-state index contributed by atoms with van der Waals surface area (Å²) in [4.78, 5) is 0. The molecule has 2 atom stereocenters. The molecule has 0 spiro atoms. The van der Waals surface area contributed by atoms with Crippen molar-refractivity contribution in [3.05, 3.63) is 312 Å². The Hall–Kier alpha value is -10.9. The fourth-order valence-corrected chi connectivity index (χ4v) is 16.7. The van der Waals surface area contributed by atoms with E-state index in [2.05, 4.69) is 293 Å². The highest BCUT2D eigenvalue weighted by atomic mass is 16.3. The normalized spacial score (nSPS) is 16.3. The Morgan fingerprint density at radius 2 is 0.655 bits per heavy atom.